The Morgan fingerprint density at radius 1 is 1.07 bits per heavy atom. The molecule has 0 aromatic heterocycles. The minimum atomic E-state index is -0.813. The number of carbonyl (C=O) groups excluding carboxylic acids is 3. The van der Waals surface area contributed by atoms with E-state index in [-0.39, 0.29) is 17.2 Å². The summed E-state index contributed by atoms with van der Waals surface area (Å²) in [6, 6.07) is 10.4. The number of phenolic OH excluding ortho intramolecular Hbond substituents is 1. The van der Waals surface area contributed by atoms with Gasteiger partial charge in [-0.05, 0) is 42.8 Å². The molecular weight excluding hydrogens is 350 g/mol. The molecule has 0 fully saturated rings. The minimum absolute atomic E-state index is 0.0578. The van der Waals surface area contributed by atoms with Gasteiger partial charge in [0.15, 0.2) is 12.4 Å². The van der Waals surface area contributed by atoms with Crippen molar-refractivity contribution in [3.8, 4) is 11.5 Å². The van der Waals surface area contributed by atoms with Gasteiger partial charge >= 0.3 is 5.97 Å². The van der Waals surface area contributed by atoms with Crippen molar-refractivity contribution in [1.82, 2.24) is 0 Å². The highest BCUT2D eigenvalue weighted by Gasteiger charge is 2.16. The summed E-state index contributed by atoms with van der Waals surface area (Å²) in [4.78, 5) is 35.7. The van der Waals surface area contributed by atoms with Crippen LogP contribution in [0.3, 0.4) is 0 Å². The summed E-state index contributed by atoms with van der Waals surface area (Å²) < 4.78 is 9.91. The van der Waals surface area contributed by atoms with Gasteiger partial charge < -0.3 is 19.9 Å². The number of aromatic hydroxyl groups is 1. The predicted molar refractivity (Wildman–Crippen MR) is 99.3 cm³/mol. The number of esters is 1. The summed E-state index contributed by atoms with van der Waals surface area (Å²) in [5, 5.41) is 12.5. The van der Waals surface area contributed by atoms with Gasteiger partial charge in [-0.25, -0.2) is 4.79 Å². The van der Waals surface area contributed by atoms with Crippen molar-refractivity contribution in [3.05, 3.63) is 53.6 Å². The molecule has 0 saturated heterocycles. The van der Waals surface area contributed by atoms with Gasteiger partial charge in [-0.3, -0.25) is 9.59 Å². The van der Waals surface area contributed by atoms with E-state index >= 15 is 0 Å². The fourth-order valence-electron chi connectivity index (χ4n) is 2.29. The van der Waals surface area contributed by atoms with Gasteiger partial charge in [-0.15, -0.1) is 0 Å². The molecule has 1 amide bonds. The monoisotopic (exact) mass is 371 g/mol. The molecule has 2 aromatic carbocycles. The summed E-state index contributed by atoms with van der Waals surface area (Å²) in [6.07, 6.45) is 1.17. The maximum atomic E-state index is 12.2. The van der Waals surface area contributed by atoms with E-state index in [9.17, 15) is 19.5 Å². The Balaban J connectivity index is 1.93. The van der Waals surface area contributed by atoms with Crippen LogP contribution in [0.15, 0.2) is 42.5 Å². The quantitative estimate of drug-likeness (QED) is 0.546. The number of nitrogens with one attached hydrogen (secondary N) is 1. The molecule has 0 atom stereocenters. The molecule has 0 heterocycles. The standard InChI is InChI=1S/C20H21NO6/c1-3-4-19(24)21-14-7-5-13(6-8-14)18(23)12-27-20(25)16-10-9-15(26-2)11-17(16)22/h5-11,22H,3-4,12H2,1-2H3,(H,21,24). The third-order valence-electron chi connectivity index (χ3n) is 3.73. The van der Waals surface area contributed by atoms with Crippen molar-refractivity contribution in [1.29, 1.82) is 0 Å². The van der Waals surface area contributed by atoms with Crippen molar-refractivity contribution < 1.29 is 29.0 Å². The topological polar surface area (TPSA) is 102 Å². The Labute approximate surface area is 156 Å². The van der Waals surface area contributed by atoms with E-state index in [2.05, 4.69) is 5.32 Å². The van der Waals surface area contributed by atoms with Gasteiger partial charge in [0.1, 0.15) is 17.1 Å². The Morgan fingerprint density at radius 3 is 2.37 bits per heavy atom. The zero-order valence-corrected chi connectivity index (χ0v) is 15.2. The third-order valence-corrected chi connectivity index (χ3v) is 3.73. The molecule has 0 bridgehead atoms. The number of amides is 1. The average Bonchev–Trinajstić information content (AvgIpc) is 2.66. The van der Waals surface area contributed by atoms with Crippen molar-refractivity contribution in [2.75, 3.05) is 19.0 Å². The summed E-state index contributed by atoms with van der Waals surface area (Å²) in [5.41, 5.74) is 0.873. The normalized spacial score (nSPS) is 10.1. The molecule has 0 saturated carbocycles. The van der Waals surface area contributed by atoms with Crippen molar-refractivity contribution in [2.24, 2.45) is 0 Å². The number of hydrogen-bond acceptors (Lipinski definition) is 6. The van der Waals surface area contributed by atoms with Crippen LogP contribution >= 0.6 is 0 Å². The minimum Gasteiger partial charge on any atom is -0.507 e. The highest BCUT2D eigenvalue weighted by molar-refractivity contribution is 6.00. The molecule has 0 radical (unpaired) electrons. The van der Waals surface area contributed by atoms with Gasteiger partial charge in [0.05, 0.1) is 7.11 Å². The first-order valence-electron chi connectivity index (χ1n) is 8.41. The Kier molecular flexibility index (Phi) is 6.93. The van der Waals surface area contributed by atoms with Crippen molar-refractivity contribution in [2.45, 2.75) is 19.8 Å². The lowest BCUT2D eigenvalue weighted by Gasteiger charge is -2.08. The number of rotatable bonds is 8. The van der Waals surface area contributed by atoms with Crippen LogP contribution < -0.4 is 10.1 Å². The number of anilines is 1. The first-order chi connectivity index (χ1) is 12.9. The molecule has 7 nitrogen and oxygen atoms in total. The number of methoxy groups -OCH3 is 1. The largest absolute Gasteiger partial charge is 0.507 e. The van der Waals surface area contributed by atoms with Crippen molar-refractivity contribution in [3.63, 3.8) is 0 Å². The van der Waals surface area contributed by atoms with E-state index in [0.717, 1.165) is 6.42 Å². The lowest BCUT2D eigenvalue weighted by atomic mass is 10.1. The first-order valence-corrected chi connectivity index (χ1v) is 8.41. The highest BCUT2D eigenvalue weighted by atomic mass is 16.5. The van der Waals surface area contributed by atoms with E-state index in [4.69, 9.17) is 9.47 Å². The van der Waals surface area contributed by atoms with Gasteiger partial charge in [0.25, 0.3) is 0 Å². The number of hydrogen-bond donors (Lipinski definition) is 2. The number of carbonyl (C=O) groups is 3. The summed E-state index contributed by atoms with van der Waals surface area (Å²) >= 11 is 0. The Hall–Kier alpha value is -3.35. The summed E-state index contributed by atoms with van der Waals surface area (Å²) in [7, 11) is 1.44. The summed E-state index contributed by atoms with van der Waals surface area (Å²) in [6.45, 7) is 1.44. The highest BCUT2D eigenvalue weighted by Crippen LogP contribution is 2.24. The molecule has 0 spiro atoms. The molecular formula is C20H21NO6. The fourth-order valence-corrected chi connectivity index (χ4v) is 2.29. The van der Waals surface area contributed by atoms with Crippen LogP contribution in [-0.4, -0.2) is 36.5 Å². The van der Waals surface area contributed by atoms with Crippen LogP contribution in [0, 0.1) is 0 Å². The van der Waals surface area contributed by atoms with Gasteiger partial charge in [-0.2, -0.15) is 0 Å². The van der Waals surface area contributed by atoms with E-state index in [0.29, 0.717) is 23.4 Å². The van der Waals surface area contributed by atoms with E-state index in [1.165, 1.54) is 25.3 Å². The van der Waals surface area contributed by atoms with Crippen molar-refractivity contribution >= 4 is 23.3 Å². The van der Waals surface area contributed by atoms with E-state index < -0.39 is 18.4 Å². The molecule has 2 aromatic rings. The smallest absolute Gasteiger partial charge is 0.342 e. The molecule has 2 N–H and O–H groups in total. The third kappa shape index (κ3) is 5.57. The van der Waals surface area contributed by atoms with Gasteiger partial charge in [-0.1, -0.05) is 6.92 Å². The van der Waals surface area contributed by atoms with Crippen LogP contribution in [0.1, 0.15) is 40.5 Å². The Morgan fingerprint density at radius 2 is 1.78 bits per heavy atom. The first kappa shape index (κ1) is 20.0. The molecule has 0 aliphatic carbocycles. The lowest BCUT2D eigenvalue weighted by molar-refractivity contribution is -0.116. The second kappa shape index (κ2) is 9.38. The predicted octanol–water partition coefficient (Wildman–Crippen LogP) is 3.18. The molecule has 2 rings (SSSR count). The van der Waals surface area contributed by atoms with Crippen LogP contribution in [0.2, 0.25) is 0 Å². The molecule has 0 aliphatic rings. The van der Waals surface area contributed by atoms with Crippen LogP contribution in [0.25, 0.3) is 0 Å². The molecule has 0 aliphatic heterocycles. The van der Waals surface area contributed by atoms with E-state index in [1.807, 2.05) is 6.92 Å². The second-order valence-electron chi connectivity index (χ2n) is 5.76. The number of ketones is 1. The zero-order chi connectivity index (χ0) is 19.8. The molecule has 7 heteroatoms. The second-order valence-corrected chi connectivity index (χ2v) is 5.76. The van der Waals surface area contributed by atoms with E-state index in [1.54, 1.807) is 24.3 Å². The fraction of sp³-hybridized carbons (Fsp3) is 0.250. The number of ether oxygens (including phenoxy) is 2. The number of benzene rings is 2. The van der Waals surface area contributed by atoms with Crippen LogP contribution in [0.4, 0.5) is 5.69 Å². The van der Waals surface area contributed by atoms with Gasteiger partial charge in [0, 0.05) is 23.7 Å². The molecule has 27 heavy (non-hydrogen) atoms. The zero-order valence-electron chi connectivity index (χ0n) is 15.2. The van der Waals surface area contributed by atoms with Crippen LogP contribution in [-0.2, 0) is 9.53 Å². The molecule has 0 unspecified atom stereocenters. The maximum absolute atomic E-state index is 12.2. The lowest BCUT2D eigenvalue weighted by Crippen LogP contribution is -2.15. The maximum Gasteiger partial charge on any atom is 0.342 e. The van der Waals surface area contributed by atoms with Gasteiger partial charge in [0.2, 0.25) is 5.91 Å². The number of phenols is 1. The summed E-state index contributed by atoms with van der Waals surface area (Å²) in [5.74, 6) is -1.20. The Bertz CT molecular complexity index is 829. The SMILES string of the molecule is CCCC(=O)Nc1ccc(C(=O)COC(=O)c2ccc(OC)cc2O)cc1. The average molecular weight is 371 g/mol. The number of Topliss-reactive ketones (excluding diaryl/α,β-unsaturated/α-hetero) is 1. The van der Waals surface area contributed by atoms with Crippen LogP contribution in [0.5, 0.6) is 11.5 Å². The molecule has 142 valence electrons.